The summed E-state index contributed by atoms with van der Waals surface area (Å²) in [6.45, 7) is 2.01. The van der Waals surface area contributed by atoms with Gasteiger partial charge in [0.1, 0.15) is 17.9 Å². The molecule has 0 unspecified atom stereocenters. The Kier molecular flexibility index (Phi) is 4.84. The molecule has 0 saturated heterocycles. The lowest BCUT2D eigenvalue weighted by Gasteiger charge is -2.11. The summed E-state index contributed by atoms with van der Waals surface area (Å²) < 4.78 is 7.16. The lowest BCUT2D eigenvalue weighted by molar-refractivity contribution is -0.117. The molecule has 2 atom stereocenters. The zero-order valence-corrected chi connectivity index (χ0v) is 19.3. The van der Waals surface area contributed by atoms with Gasteiger partial charge in [0.2, 0.25) is 11.8 Å². The molecule has 4 aromatic heterocycles. The lowest BCUT2D eigenvalue weighted by Crippen LogP contribution is -2.15. The summed E-state index contributed by atoms with van der Waals surface area (Å²) in [6, 6.07) is 9.75. The van der Waals surface area contributed by atoms with Crippen LogP contribution in [0, 0.1) is 12.8 Å². The molecule has 0 aliphatic heterocycles. The highest BCUT2D eigenvalue weighted by Gasteiger charge is 2.44. The number of aromatic nitrogens is 5. The van der Waals surface area contributed by atoms with Gasteiger partial charge in [-0.3, -0.25) is 9.48 Å². The predicted octanol–water partition coefficient (Wildman–Crippen LogP) is 4.32. The number of nitrogen functional groups attached to an aromatic ring is 1. The van der Waals surface area contributed by atoms with Gasteiger partial charge in [0.15, 0.2) is 0 Å². The van der Waals surface area contributed by atoms with Gasteiger partial charge in [0.25, 0.3) is 0 Å². The van der Waals surface area contributed by atoms with Crippen LogP contribution in [0.4, 0.5) is 11.6 Å². The third kappa shape index (κ3) is 3.90. The van der Waals surface area contributed by atoms with Gasteiger partial charge < -0.3 is 15.5 Å². The van der Waals surface area contributed by atoms with Crippen molar-refractivity contribution in [1.29, 1.82) is 0 Å². The maximum Gasteiger partial charge on any atom is 0.229 e. The topological polar surface area (TPSA) is 125 Å². The van der Waals surface area contributed by atoms with Crippen LogP contribution in [-0.4, -0.2) is 30.6 Å². The molecule has 1 amide bonds. The van der Waals surface area contributed by atoms with Crippen LogP contribution in [0.5, 0.6) is 0 Å². The smallest absolute Gasteiger partial charge is 0.229 e. The molecule has 1 aliphatic rings. The molecule has 1 fully saturated rings. The van der Waals surface area contributed by atoms with E-state index in [2.05, 4.69) is 25.4 Å². The van der Waals surface area contributed by atoms with Gasteiger partial charge in [0.05, 0.1) is 18.1 Å². The average Bonchev–Trinajstić information content (AvgIpc) is 3.22. The first-order valence-corrected chi connectivity index (χ1v) is 11.3. The van der Waals surface area contributed by atoms with Crippen LogP contribution in [0.1, 0.15) is 23.5 Å². The van der Waals surface area contributed by atoms with Gasteiger partial charge in [-0.05, 0) is 60.0 Å². The van der Waals surface area contributed by atoms with E-state index >= 15 is 0 Å². The Morgan fingerprint density at radius 3 is 2.83 bits per heavy atom. The summed E-state index contributed by atoms with van der Waals surface area (Å²) in [4.78, 5) is 26.0. The van der Waals surface area contributed by atoms with Crippen LogP contribution in [0.15, 0.2) is 65.8 Å². The number of benzene rings is 1. The quantitative estimate of drug-likeness (QED) is 0.396. The van der Waals surface area contributed by atoms with Crippen LogP contribution in [0.25, 0.3) is 33.5 Å². The Balaban J connectivity index is 1.26. The van der Waals surface area contributed by atoms with Crippen LogP contribution >= 0.6 is 0 Å². The zero-order chi connectivity index (χ0) is 24.1. The SMILES string of the molecule is Cc1cc(-c2ncco2)ccc1-c1cc2cc(NC(=O)[C@@H]3C[C@H]3c3cnn(C)c3)ncc2c(N)n1. The number of oxazole rings is 1. The van der Waals surface area contributed by atoms with Crippen molar-refractivity contribution in [2.75, 3.05) is 11.1 Å². The van der Waals surface area contributed by atoms with E-state index in [0.717, 1.165) is 45.1 Å². The van der Waals surface area contributed by atoms with Crippen molar-refractivity contribution < 1.29 is 9.21 Å². The van der Waals surface area contributed by atoms with E-state index in [1.54, 1.807) is 23.3 Å². The number of amides is 1. The number of carbonyl (C=O) groups is 1. The number of nitrogens with two attached hydrogens (primary N) is 1. The predicted molar refractivity (Wildman–Crippen MR) is 132 cm³/mol. The zero-order valence-electron chi connectivity index (χ0n) is 19.3. The van der Waals surface area contributed by atoms with Crippen LogP contribution in [0.2, 0.25) is 0 Å². The number of rotatable bonds is 5. The van der Waals surface area contributed by atoms with Gasteiger partial charge in [-0.15, -0.1) is 0 Å². The average molecular weight is 466 g/mol. The third-order valence-corrected chi connectivity index (χ3v) is 6.46. The fourth-order valence-corrected chi connectivity index (χ4v) is 4.53. The van der Waals surface area contributed by atoms with Crippen molar-refractivity contribution in [3.8, 4) is 22.7 Å². The van der Waals surface area contributed by atoms with Crippen molar-refractivity contribution in [2.45, 2.75) is 19.3 Å². The first-order chi connectivity index (χ1) is 17.0. The van der Waals surface area contributed by atoms with E-state index in [0.29, 0.717) is 17.5 Å². The first kappa shape index (κ1) is 21.0. The normalized spacial score (nSPS) is 17.0. The molecule has 1 aromatic carbocycles. The molecule has 174 valence electrons. The highest BCUT2D eigenvalue weighted by molar-refractivity contribution is 5.99. The largest absolute Gasteiger partial charge is 0.445 e. The molecule has 0 radical (unpaired) electrons. The number of carbonyl (C=O) groups excluding carboxylic acids is 1. The van der Waals surface area contributed by atoms with Gasteiger partial charge in [-0.2, -0.15) is 5.10 Å². The van der Waals surface area contributed by atoms with Gasteiger partial charge in [0, 0.05) is 41.9 Å². The number of hydrogen-bond donors (Lipinski definition) is 2. The summed E-state index contributed by atoms with van der Waals surface area (Å²) in [5.74, 6) is 1.55. The van der Waals surface area contributed by atoms with Crippen molar-refractivity contribution in [2.24, 2.45) is 13.0 Å². The number of hydrogen-bond acceptors (Lipinski definition) is 7. The first-order valence-electron chi connectivity index (χ1n) is 11.3. The molecule has 0 bridgehead atoms. The maximum absolute atomic E-state index is 12.8. The maximum atomic E-state index is 12.8. The second-order valence-electron chi connectivity index (χ2n) is 8.94. The van der Waals surface area contributed by atoms with Crippen LogP contribution < -0.4 is 11.1 Å². The monoisotopic (exact) mass is 465 g/mol. The molecule has 6 rings (SSSR count). The number of aryl methyl sites for hydroxylation is 2. The fourth-order valence-electron chi connectivity index (χ4n) is 4.53. The second kappa shape index (κ2) is 8.05. The van der Waals surface area contributed by atoms with Gasteiger partial charge in [-0.1, -0.05) is 6.07 Å². The highest BCUT2D eigenvalue weighted by Crippen LogP contribution is 2.47. The minimum absolute atomic E-state index is 0.0362. The van der Waals surface area contributed by atoms with E-state index in [-0.39, 0.29) is 17.7 Å². The summed E-state index contributed by atoms with van der Waals surface area (Å²) in [7, 11) is 1.88. The van der Waals surface area contributed by atoms with Crippen molar-refractivity contribution in [3.63, 3.8) is 0 Å². The van der Waals surface area contributed by atoms with Crippen molar-refractivity contribution in [1.82, 2.24) is 24.7 Å². The summed E-state index contributed by atoms with van der Waals surface area (Å²) in [5, 5.41) is 8.75. The summed E-state index contributed by atoms with van der Waals surface area (Å²) in [5.41, 5.74) is 11.0. The molecule has 9 heteroatoms. The van der Waals surface area contributed by atoms with Crippen molar-refractivity contribution >= 4 is 28.3 Å². The molecule has 1 saturated carbocycles. The Labute approximate surface area is 201 Å². The summed E-state index contributed by atoms with van der Waals surface area (Å²) >= 11 is 0. The Morgan fingerprint density at radius 2 is 2.09 bits per heavy atom. The molecule has 1 aliphatic carbocycles. The van der Waals surface area contributed by atoms with Crippen LogP contribution in [-0.2, 0) is 11.8 Å². The van der Waals surface area contributed by atoms with E-state index < -0.39 is 0 Å². The van der Waals surface area contributed by atoms with E-state index in [9.17, 15) is 4.79 Å². The number of anilines is 2. The second-order valence-corrected chi connectivity index (χ2v) is 8.94. The minimum atomic E-state index is -0.0698. The van der Waals surface area contributed by atoms with Crippen LogP contribution in [0.3, 0.4) is 0 Å². The third-order valence-electron chi connectivity index (χ3n) is 6.46. The number of pyridine rings is 2. The number of nitrogens with zero attached hydrogens (tertiary/aromatic N) is 5. The number of nitrogens with one attached hydrogen (secondary N) is 1. The number of fused-ring (bicyclic) bond motifs is 1. The van der Waals surface area contributed by atoms with Gasteiger partial charge in [-0.25, -0.2) is 15.0 Å². The van der Waals surface area contributed by atoms with E-state index in [1.807, 2.05) is 56.7 Å². The molecule has 0 spiro atoms. The minimum Gasteiger partial charge on any atom is -0.445 e. The van der Waals surface area contributed by atoms with E-state index in [1.165, 1.54) is 0 Å². The molecule has 9 nitrogen and oxygen atoms in total. The fraction of sp³-hybridized carbons (Fsp3) is 0.192. The molecular weight excluding hydrogens is 442 g/mol. The molecule has 3 N–H and O–H groups in total. The van der Waals surface area contributed by atoms with E-state index in [4.69, 9.17) is 10.2 Å². The standard InChI is InChI=1S/C26H23N7O2/c1-14-7-15(26-28-5-6-35-26)3-4-18(14)22-8-16-9-23(29-12-21(16)24(27)31-22)32-25(34)20-10-19(20)17-11-30-33(2)13-17/h3-9,11-13,19-20H,10H2,1-2H3,(H2,27,31)(H,29,32,34)/t19-,20+/m0/s1. The Bertz CT molecular complexity index is 1570. The Hall–Kier alpha value is -4.53. The molecule has 35 heavy (non-hydrogen) atoms. The highest BCUT2D eigenvalue weighted by atomic mass is 16.3. The Morgan fingerprint density at radius 1 is 1.20 bits per heavy atom. The molecular formula is C26H23N7O2. The lowest BCUT2D eigenvalue weighted by atomic mass is 10.0. The molecule has 4 heterocycles. The van der Waals surface area contributed by atoms with Crippen molar-refractivity contribution in [3.05, 3.63) is 72.5 Å². The molecule has 5 aromatic rings. The van der Waals surface area contributed by atoms with Gasteiger partial charge >= 0.3 is 0 Å². The summed E-state index contributed by atoms with van der Waals surface area (Å²) in [6.07, 6.45) is 9.43.